The molecule has 0 saturated carbocycles. The molecular weight excluding hydrogens is 354 g/mol. The Morgan fingerprint density at radius 2 is 1.79 bits per heavy atom. The van der Waals surface area contributed by atoms with Crippen LogP contribution in [-0.2, 0) is 24.1 Å². The van der Waals surface area contributed by atoms with Crippen molar-refractivity contribution in [3.05, 3.63) is 38.4 Å². The van der Waals surface area contributed by atoms with Gasteiger partial charge in [0.05, 0.1) is 0 Å². The molecule has 9 nitrogen and oxygen atoms in total. The molecule has 2 aromatic heterocycles. The summed E-state index contributed by atoms with van der Waals surface area (Å²) in [6.07, 6.45) is 0. The predicted molar refractivity (Wildman–Crippen MR) is 90.0 cm³/mol. The number of anilines is 1. The van der Waals surface area contributed by atoms with Gasteiger partial charge in [-0.05, 0) is 11.4 Å². The molecule has 0 bridgehead atoms. The summed E-state index contributed by atoms with van der Waals surface area (Å²) in [6.45, 7) is 1.19. The molecule has 1 fully saturated rings. The number of hydrogen-bond acceptors (Lipinski definition) is 7. The Balaban J connectivity index is 1.82. The molecule has 0 aliphatic carbocycles. The number of piperazine rings is 1. The van der Waals surface area contributed by atoms with Gasteiger partial charge in [-0.1, -0.05) is 6.07 Å². The van der Waals surface area contributed by atoms with E-state index in [1.54, 1.807) is 22.4 Å². The van der Waals surface area contributed by atoms with Gasteiger partial charge in [0.2, 0.25) is 5.82 Å². The summed E-state index contributed by atoms with van der Waals surface area (Å²) < 4.78 is 28.8. The zero-order chi connectivity index (χ0) is 17.5. The molecule has 1 aliphatic rings. The molecule has 0 radical (unpaired) electrons. The summed E-state index contributed by atoms with van der Waals surface area (Å²) >= 11 is 1.18. The minimum absolute atomic E-state index is 0.160. The second-order valence-electron chi connectivity index (χ2n) is 5.42. The maximum Gasteiger partial charge on any atom is 0.346 e. The molecular formula is C13H17N5O4S2. The number of aromatic nitrogens is 3. The Kier molecular flexibility index (Phi) is 4.32. The first-order valence-corrected chi connectivity index (χ1v) is 9.57. The molecule has 3 heterocycles. The van der Waals surface area contributed by atoms with Crippen molar-refractivity contribution in [3.8, 4) is 0 Å². The molecule has 24 heavy (non-hydrogen) atoms. The summed E-state index contributed by atoms with van der Waals surface area (Å²) in [5.41, 5.74) is -0.977. The number of hydrogen-bond donors (Lipinski definition) is 0. The van der Waals surface area contributed by atoms with Crippen molar-refractivity contribution in [2.24, 2.45) is 14.1 Å². The van der Waals surface area contributed by atoms with Crippen molar-refractivity contribution in [1.29, 1.82) is 0 Å². The van der Waals surface area contributed by atoms with E-state index in [9.17, 15) is 18.0 Å². The first-order chi connectivity index (χ1) is 11.3. The molecule has 11 heteroatoms. The fourth-order valence-corrected chi connectivity index (χ4v) is 5.12. The van der Waals surface area contributed by atoms with Crippen LogP contribution in [0, 0.1) is 0 Å². The first-order valence-electron chi connectivity index (χ1n) is 7.25. The first kappa shape index (κ1) is 16.9. The Morgan fingerprint density at radius 3 is 2.38 bits per heavy atom. The van der Waals surface area contributed by atoms with E-state index < -0.39 is 21.3 Å². The summed E-state index contributed by atoms with van der Waals surface area (Å²) in [4.78, 5) is 25.6. The predicted octanol–water partition coefficient (Wildman–Crippen LogP) is -0.949. The van der Waals surface area contributed by atoms with Gasteiger partial charge in [-0.15, -0.1) is 16.4 Å². The van der Waals surface area contributed by atoms with Gasteiger partial charge in [-0.25, -0.2) is 17.9 Å². The molecule has 0 amide bonds. The van der Waals surface area contributed by atoms with Crippen LogP contribution in [0.4, 0.5) is 5.82 Å². The molecule has 2 aromatic rings. The van der Waals surface area contributed by atoms with Gasteiger partial charge in [-0.3, -0.25) is 9.36 Å². The van der Waals surface area contributed by atoms with Crippen LogP contribution in [0.2, 0.25) is 0 Å². The lowest BCUT2D eigenvalue weighted by molar-refractivity contribution is 0.382. The summed E-state index contributed by atoms with van der Waals surface area (Å²) in [5.74, 6) is 0.160. The fraction of sp³-hybridized carbons (Fsp3) is 0.462. The van der Waals surface area contributed by atoms with Gasteiger partial charge in [0.25, 0.3) is 15.6 Å². The van der Waals surface area contributed by atoms with E-state index >= 15 is 0 Å². The minimum Gasteiger partial charge on any atom is -0.348 e. The van der Waals surface area contributed by atoms with E-state index in [0.29, 0.717) is 17.3 Å². The highest BCUT2D eigenvalue weighted by atomic mass is 32.2. The van der Waals surface area contributed by atoms with E-state index in [-0.39, 0.29) is 18.9 Å². The molecule has 0 aromatic carbocycles. The van der Waals surface area contributed by atoms with E-state index in [0.717, 1.165) is 9.25 Å². The number of aryl methyl sites for hydroxylation is 1. The Morgan fingerprint density at radius 1 is 1.12 bits per heavy atom. The summed E-state index contributed by atoms with van der Waals surface area (Å²) in [7, 11) is -0.620. The second kappa shape index (κ2) is 6.15. The topological polar surface area (TPSA) is 97.5 Å². The van der Waals surface area contributed by atoms with Crippen molar-refractivity contribution in [2.75, 3.05) is 31.1 Å². The molecule has 0 N–H and O–H groups in total. The molecule has 130 valence electrons. The largest absolute Gasteiger partial charge is 0.348 e. The van der Waals surface area contributed by atoms with Crippen LogP contribution in [0.1, 0.15) is 0 Å². The Labute approximate surface area is 142 Å². The van der Waals surface area contributed by atoms with Gasteiger partial charge < -0.3 is 4.90 Å². The van der Waals surface area contributed by atoms with Gasteiger partial charge in [0, 0.05) is 40.3 Å². The maximum absolute atomic E-state index is 12.5. The number of rotatable bonds is 3. The van der Waals surface area contributed by atoms with Crippen molar-refractivity contribution >= 4 is 27.2 Å². The summed E-state index contributed by atoms with van der Waals surface area (Å²) in [5, 5.41) is 5.75. The van der Waals surface area contributed by atoms with E-state index in [1.807, 2.05) is 0 Å². The Hall–Kier alpha value is -1.98. The number of nitrogens with zero attached hydrogens (tertiary/aromatic N) is 5. The maximum atomic E-state index is 12.5. The Bertz CT molecular complexity index is 953. The highest BCUT2D eigenvalue weighted by Crippen LogP contribution is 2.22. The lowest BCUT2D eigenvalue weighted by atomic mass is 10.3. The lowest BCUT2D eigenvalue weighted by Crippen LogP contribution is -2.52. The van der Waals surface area contributed by atoms with Crippen LogP contribution >= 0.6 is 11.3 Å². The van der Waals surface area contributed by atoms with Crippen molar-refractivity contribution in [3.63, 3.8) is 0 Å². The highest BCUT2D eigenvalue weighted by molar-refractivity contribution is 7.91. The molecule has 1 aliphatic heterocycles. The summed E-state index contributed by atoms with van der Waals surface area (Å²) in [6, 6.07) is 3.28. The number of thiophene rings is 1. The van der Waals surface area contributed by atoms with Gasteiger partial charge in [0.15, 0.2) is 0 Å². The van der Waals surface area contributed by atoms with Gasteiger partial charge >= 0.3 is 5.69 Å². The zero-order valence-electron chi connectivity index (χ0n) is 13.2. The van der Waals surface area contributed by atoms with Crippen LogP contribution in [0.5, 0.6) is 0 Å². The fourth-order valence-electron chi connectivity index (χ4n) is 2.56. The monoisotopic (exact) mass is 371 g/mol. The van der Waals surface area contributed by atoms with E-state index in [1.165, 1.54) is 29.7 Å². The van der Waals surface area contributed by atoms with Gasteiger partial charge in [0.1, 0.15) is 4.21 Å². The SMILES string of the molecule is Cn1nc(N2CCN(S(=O)(=O)c3cccs3)CC2)c(=O)n(C)c1=O. The number of sulfonamides is 1. The van der Waals surface area contributed by atoms with Crippen LogP contribution in [0.25, 0.3) is 0 Å². The molecule has 0 unspecified atom stereocenters. The van der Waals surface area contributed by atoms with Crippen LogP contribution in [-0.4, -0.2) is 53.2 Å². The smallest absolute Gasteiger partial charge is 0.346 e. The molecule has 1 saturated heterocycles. The van der Waals surface area contributed by atoms with Crippen molar-refractivity contribution in [2.45, 2.75) is 4.21 Å². The molecule has 0 spiro atoms. The minimum atomic E-state index is -3.49. The van der Waals surface area contributed by atoms with Crippen molar-refractivity contribution in [1.82, 2.24) is 18.7 Å². The van der Waals surface area contributed by atoms with Crippen LogP contribution < -0.4 is 16.1 Å². The third-order valence-corrected chi connectivity index (χ3v) is 7.20. The van der Waals surface area contributed by atoms with Crippen LogP contribution in [0.15, 0.2) is 31.3 Å². The van der Waals surface area contributed by atoms with Gasteiger partial charge in [-0.2, -0.15) is 4.31 Å². The average molecular weight is 371 g/mol. The third kappa shape index (κ3) is 2.78. The molecule has 3 rings (SSSR count). The normalized spacial score (nSPS) is 16.5. The molecule has 0 atom stereocenters. The van der Waals surface area contributed by atoms with E-state index in [2.05, 4.69) is 5.10 Å². The van der Waals surface area contributed by atoms with E-state index in [4.69, 9.17) is 0 Å². The standard InChI is InChI=1S/C13H17N5O4S2/c1-15-12(19)11(14-16(2)13(15)20)17-5-7-18(8-6-17)24(21,22)10-4-3-9-23-10/h3-4,9H,5-8H2,1-2H3. The van der Waals surface area contributed by atoms with Crippen molar-refractivity contribution < 1.29 is 8.42 Å². The quantitative estimate of drug-likeness (QED) is 0.690. The van der Waals surface area contributed by atoms with Crippen LogP contribution in [0.3, 0.4) is 0 Å². The highest BCUT2D eigenvalue weighted by Gasteiger charge is 2.30. The third-order valence-electron chi connectivity index (χ3n) is 3.93. The average Bonchev–Trinajstić information content (AvgIpc) is 3.12. The second-order valence-corrected chi connectivity index (χ2v) is 8.53. The lowest BCUT2D eigenvalue weighted by Gasteiger charge is -2.33. The zero-order valence-corrected chi connectivity index (χ0v) is 14.9.